The van der Waals surface area contributed by atoms with Crippen molar-refractivity contribution in [3.63, 3.8) is 0 Å². The minimum atomic E-state index is -0.611. The molecule has 0 bridgehead atoms. The molecule has 0 saturated heterocycles. The molecule has 0 atom stereocenters. The molecular formula is C5H12O2S. The van der Waals surface area contributed by atoms with Gasteiger partial charge in [0.05, 0.1) is 12.5 Å². The van der Waals surface area contributed by atoms with Crippen LogP contribution in [0.2, 0.25) is 0 Å². The van der Waals surface area contributed by atoms with E-state index >= 15 is 0 Å². The van der Waals surface area contributed by atoms with Crippen molar-refractivity contribution in [2.75, 3.05) is 12.5 Å². The molecule has 0 saturated carbocycles. The van der Waals surface area contributed by atoms with E-state index in [0.29, 0.717) is 0 Å². The molecule has 0 aliphatic carbocycles. The maximum atomic E-state index is 9.56. The lowest BCUT2D eigenvalue weighted by Gasteiger charge is -1.87. The van der Waals surface area contributed by atoms with Crippen molar-refractivity contribution in [2.24, 2.45) is 0 Å². The smallest absolute Gasteiger partial charge is 0.126 e. The first kappa shape index (κ1) is 10.9. The number of carbonyl (C=O) groups is 1. The fourth-order valence-electron chi connectivity index (χ4n) is 0. The van der Waals surface area contributed by atoms with Crippen LogP contribution in [0.1, 0.15) is 13.8 Å². The molecule has 0 aromatic heterocycles. The number of Topliss-reactive ketones (excluding diaryl/α,β-unsaturated/α-hetero) is 1. The highest BCUT2D eigenvalue weighted by molar-refractivity contribution is 7.89. The molecule has 0 aliphatic heterocycles. The van der Waals surface area contributed by atoms with E-state index in [1.807, 2.05) is 0 Å². The zero-order valence-corrected chi connectivity index (χ0v) is 6.54. The largest absolute Gasteiger partial charge is 0.617 e. The Bertz CT molecular complexity index is 54.7. The topological polar surface area (TPSA) is 40.1 Å². The van der Waals surface area contributed by atoms with E-state index in [0.717, 1.165) is 0 Å². The van der Waals surface area contributed by atoms with Crippen molar-refractivity contribution in [2.45, 2.75) is 13.8 Å². The number of rotatable bonds is 0. The Balaban J connectivity index is 0. The molecular weight excluding hydrogens is 124 g/mol. The van der Waals surface area contributed by atoms with E-state index in [1.54, 1.807) is 12.5 Å². The van der Waals surface area contributed by atoms with Gasteiger partial charge >= 0.3 is 0 Å². The van der Waals surface area contributed by atoms with Gasteiger partial charge < -0.3 is 9.35 Å². The molecule has 0 amide bonds. The van der Waals surface area contributed by atoms with Gasteiger partial charge in [-0.15, -0.1) is 0 Å². The normalized spacial score (nSPS) is 7.75. The number of carbonyl (C=O) groups excluding carboxylic acids is 1. The maximum absolute atomic E-state index is 9.56. The number of ketones is 1. The summed E-state index contributed by atoms with van der Waals surface area (Å²) < 4.78 is 9.56. The lowest BCUT2D eigenvalue weighted by molar-refractivity contribution is -0.114. The van der Waals surface area contributed by atoms with Crippen molar-refractivity contribution >= 4 is 17.0 Å². The summed E-state index contributed by atoms with van der Waals surface area (Å²) in [6, 6.07) is 0. The third-order valence-corrected chi connectivity index (χ3v) is 0. The minimum Gasteiger partial charge on any atom is -0.617 e. The first-order valence-corrected chi connectivity index (χ1v) is 4.15. The van der Waals surface area contributed by atoms with E-state index in [4.69, 9.17) is 0 Å². The molecule has 3 heteroatoms. The molecule has 0 N–H and O–H groups in total. The first-order chi connectivity index (χ1) is 3.46. The van der Waals surface area contributed by atoms with Crippen LogP contribution in [0.4, 0.5) is 0 Å². The Morgan fingerprint density at radius 2 is 1.38 bits per heavy atom. The van der Waals surface area contributed by atoms with E-state index in [2.05, 4.69) is 0 Å². The van der Waals surface area contributed by atoms with Gasteiger partial charge in [-0.05, 0) is 13.8 Å². The molecule has 0 radical (unpaired) electrons. The second-order valence-electron chi connectivity index (χ2n) is 1.65. The van der Waals surface area contributed by atoms with Crippen LogP contribution < -0.4 is 0 Å². The van der Waals surface area contributed by atoms with E-state index in [-0.39, 0.29) is 5.78 Å². The predicted molar refractivity (Wildman–Crippen MR) is 36.3 cm³/mol. The number of hydrogen-bond acceptors (Lipinski definition) is 2. The Labute approximate surface area is 53.5 Å². The fourth-order valence-corrected chi connectivity index (χ4v) is 0. The van der Waals surface area contributed by atoms with Gasteiger partial charge in [-0.25, -0.2) is 0 Å². The molecule has 0 aromatic rings. The van der Waals surface area contributed by atoms with Crippen LogP contribution in [-0.2, 0) is 16.0 Å². The third-order valence-electron chi connectivity index (χ3n) is 0. The van der Waals surface area contributed by atoms with Gasteiger partial charge in [-0.2, -0.15) is 0 Å². The molecule has 0 aromatic carbocycles. The Morgan fingerprint density at radius 3 is 1.38 bits per heavy atom. The SMILES string of the molecule is CC(C)=O.C[S+](C)[O-]. The van der Waals surface area contributed by atoms with Crippen molar-refractivity contribution in [1.82, 2.24) is 0 Å². The average molecular weight is 136 g/mol. The van der Waals surface area contributed by atoms with Crippen LogP contribution in [0.15, 0.2) is 0 Å². The second kappa shape index (κ2) is 6.98. The van der Waals surface area contributed by atoms with Crippen LogP contribution in [-0.4, -0.2) is 22.8 Å². The standard InChI is InChI=1S/C3H6O.C2H6OS/c1-3(2)4;1-4(2)3/h2*1-2H3. The zero-order chi connectivity index (χ0) is 7.15. The summed E-state index contributed by atoms with van der Waals surface area (Å²) >= 11 is -0.611. The third kappa shape index (κ3) is 371000. The van der Waals surface area contributed by atoms with E-state index < -0.39 is 11.2 Å². The van der Waals surface area contributed by atoms with Crippen LogP contribution in [0.3, 0.4) is 0 Å². The van der Waals surface area contributed by atoms with Gasteiger partial charge in [0, 0.05) is 0 Å². The van der Waals surface area contributed by atoms with Gasteiger partial charge in [0.1, 0.15) is 5.78 Å². The second-order valence-corrected chi connectivity index (χ2v) is 3.13. The summed E-state index contributed by atoms with van der Waals surface area (Å²) in [4.78, 5) is 9.44. The average Bonchev–Trinajstić information content (AvgIpc) is 1.25. The molecule has 0 heterocycles. The van der Waals surface area contributed by atoms with Gasteiger partial charge in [-0.1, -0.05) is 11.2 Å². The van der Waals surface area contributed by atoms with Crippen LogP contribution in [0.5, 0.6) is 0 Å². The van der Waals surface area contributed by atoms with Crippen molar-refractivity contribution in [1.29, 1.82) is 0 Å². The summed E-state index contributed by atoms with van der Waals surface area (Å²) in [6.07, 6.45) is 3.28. The molecule has 2 nitrogen and oxygen atoms in total. The maximum Gasteiger partial charge on any atom is 0.126 e. The lowest BCUT2D eigenvalue weighted by Crippen LogP contribution is -1.86. The Kier molecular flexibility index (Phi) is 9.49. The van der Waals surface area contributed by atoms with Crippen molar-refractivity contribution in [3.8, 4) is 0 Å². The molecule has 0 rings (SSSR count). The quantitative estimate of drug-likeness (QED) is 0.457. The highest BCUT2D eigenvalue weighted by atomic mass is 32.2. The zero-order valence-electron chi connectivity index (χ0n) is 5.72. The fraction of sp³-hybridized carbons (Fsp3) is 0.800. The van der Waals surface area contributed by atoms with E-state index in [9.17, 15) is 9.35 Å². The van der Waals surface area contributed by atoms with Crippen LogP contribution >= 0.6 is 0 Å². The first-order valence-electron chi connectivity index (χ1n) is 2.19. The highest BCUT2D eigenvalue weighted by Gasteiger charge is 1.66. The number of hydrogen-bond donors (Lipinski definition) is 0. The van der Waals surface area contributed by atoms with Crippen LogP contribution in [0.25, 0.3) is 0 Å². The Morgan fingerprint density at radius 1 is 1.38 bits per heavy atom. The summed E-state index contributed by atoms with van der Waals surface area (Å²) in [5.74, 6) is 0.167. The van der Waals surface area contributed by atoms with E-state index in [1.165, 1.54) is 13.8 Å². The predicted octanol–water partition coefficient (Wildman–Crippen LogP) is 0.590. The van der Waals surface area contributed by atoms with Gasteiger partial charge in [0.2, 0.25) is 0 Å². The summed E-state index contributed by atoms with van der Waals surface area (Å²) in [5, 5.41) is 0. The summed E-state index contributed by atoms with van der Waals surface area (Å²) in [7, 11) is 0. The summed E-state index contributed by atoms with van der Waals surface area (Å²) in [5.41, 5.74) is 0. The minimum absolute atomic E-state index is 0.167. The highest BCUT2D eigenvalue weighted by Crippen LogP contribution is 1.61. The molecule has 0 unspecified atom stereocenters. The van der Waals surface area contributed by atoms with Gasteiger partial charge in [0.15, 0.2) is 0 Å². The monoisotopic (exact) mass is 136 g/mol. The van der Waals surface area contributed by atoms with Crippen molar-refractivity contribution in [3.05, 3.63) is 0 Å². The van der Waals surface area contributed by atoms with Crippen molar-refractivity contribution < 1.29 is 9.35 Å². The summed E-state index contributed by atoms with van der Waals surface area (Å²) in [6.45, 7) is 3.06. The van der Waals surface area contributed by atoms with Gasteiger partial charge in [-0.3, -0.25) is 0 Å². The molecule has 0 aliphatic rings. The molecule has 0 fully saturated rings. The molecule has 8 heavy (non-hydrogen) atoms. The molecule has 0 spiro atoms. The Hall–Kier alpha value is -0.0200. The molecule has 50 valence electrons. The van der Waals surface area contributed by atoms with Crippen LogP contribution in [0, 0.1) is 0 Å². The lowest BCUT2D eigenvalue weighted by atomic mass is 10.6. The van der Waals surface area contributed by atoms with Gasteiger partial charge in [0.25, 0.3) is 0 Å².